The molecule has 178 valence electrons. The summed E-state index contributed by atoms with van der Waals surface area (Å²) in [6.07, 6.45) is 3.27. The van der Waals surface area contributed by atoms with Crippen molar-refractivity contribution in [1.29, 1.82) is 0 Å². The van der Waals surface area contributed by atoms with Crippen LogP contribution in [0, 0.1) is 0 Å². The molecule has 2 heterocycles. The summed E-state index contributed by atoms with van der Waals surface area (Å²) in [4.78, 5) is 33.2. The summed E-state index contributed by atoms with van der Waals surface area (Å²) in [5.74, 6) is -0.413. The highest BCUT2D eigenvalue weighted by Gasteiger charge is 2.33. The van der Waals surface area contributed by atoms with Gasteiger partial charge in [-0.15, -0.1) is 0 Å². The van der Waals surface area contributed by atoms with Crippen molar-refractivity contribution in [1.82, 2.24) is 9.88 Å². The molecule has 1 amide bonds. The van der Waals surface area contributed by atoms with Crippen molar-refractivity contribution < 1.29 is 9.90 Å². The highest BCUT2D eigenvalue weighted by atomic mass is 16.3. The lowest BCUT2D eigenvalue weighted by Gasteiger charge is -2.28. The molecule has 34 heavy (non-hydrogen) atoms. The van der Waals surface area contributed by atoms with Crippen LogP contribution in [0.3, 0.4) is 0 Å². The minimum absolute atomic E-state index is 0.168. The predicted octanol–water partition coefficient (Wildman–Crippen LogP) is 5.21. The Morgan fingerprint density at radius 3 is 2.41 bits per heavy atom. The maximum atomic E-state index is 13.5. The average Bonchev–Trinajstić information content (AvgIpc) is 3.36. The fourth-order valence-corrected chi connectivity index (χ4v) is 4.83. The molecule has 3 aromatic rings. The van der Waals surface area contributed by atoms with Gasteiger partial charge in [-0.25, -0.2) is 0 Å². The maximum Gasteiger partial charge on any atom is 0.264 e. The minimum Gasteiger partial charge on any atom is -0.505 e. The molecule has 1 unspecified atom stereocenters. The number of pyridine rings is 1. The number of aromatic amines is 1. The molecule has 6 heteroatoms. The Bertz CT molecular complexity index is 1170. The molecule has 6 nitrogen and oxygen atoms in total. The molecule has 4 rings (SSSR count). The van der Waals surface area contributed by atoms with E-state index in [2.05, 4.69) is 24.0 Å². The minimum atomic E-state index is -0.523. The summed E-state index contributed by atoms with van der Waals surface area (Å²) in [6, 6.07) is 19.9. The van der Waals surface area contributed by atoms with Gasteiger partial charge >= 0.3 is 0 Å². The number of carbonyl (C=O) groups excluding carboxylic acids is 1. The summed E-state index contributed by atoms with van der Waals surface area (Å²) in [7, 11) is 0. The number of aromatic nitrogens is 1. The number of likely N-dealkylation sites (tertiary alicyclic amines) is 1. The van der Waals surface area contributed by atoms with E-state index in [1.54, 1.807) is 4.90 Å². The lowest BCUT2D eigenvalue weighted by atomic mass is 9.99. The molecule has 0 aliphatic carbocycles. The van der Waals surface area contributed by atoms with E-state index in [0.29, 0.717) is 37.4 Å². The van der Waals surface area contributed by atoms with Gasteiger partial charge in [0.2, 0.25) is 0 Å². The molecule has 0 spiro atoms. The van der Waals surface area contributed by atoms with Gasteiger partial charge < -0.3 is 19.9 Å². The van der Waals surface area contributed by atoms with Crippen LogP contribution in [0.1, 0.15) is 60.6 Å². The van der Waals surface area contributed by atoms with E-state index in [9.17, 15) is 14.7 Å². The van der Waals surface area contributed by atoms with Crippen molar-refractivity contribution in [3.8, 4) is 5.75 Å². The van der Waals surface area contributed by atoms with Crippen LogP contribution < -0.4 is 10.5 Å². The number of nitrogens with one attached hydrogen (secondary N) is 1. The van der Waals surface area contributed by atoms with Crippen LogP contribution in [0.4, 0.5) is 11.4 Å². The number of hydrogen-bond donors (Lipinski definition) is 2. The molecule has 1 aromatic heterocycles. The molecule has 1 fully saturated rings. The van der Waals surface area contributed by atoms with Crippen LogP contribution in [0.15, 0.2) is 65.5 Å². The normalized spacial score (nSPS) is 15.5. The molecule has 0 radical (unpaired) electrons. The van der Waals surface area contributed by atoms with Gasteiger partial charge in [0, 0.05) is 36.9 Å². The van der Waals surface area contributed by atoms with E-state index in [4.69, 9.17) is 0 Å². The van der Waals surface area contributed by atoms with Gasteiger partial charge in [0.25, 0.3) is 11.5 Å². The van der Waals surface area contributed by atoms with E-state index >= 15 is 0 Å². The first-order valence-electron chi connectivity index (χ1n) is 12.2. The van der Waals surface area contributed by atoms with Crippen LogP contribution in [0.5, 0.6) is 5.75 Å². The van der Waals surface area contributed by atoms with Crippen molar-refractivity contribution in [2.24, 2.45) is 0 Å². The number of aryl methyl sites for hydroxylation is 1. The van der Waals surface area contributed by atoms with Crippen LogP contribution in [-0.2, 0) is 6.42 Å². The summed E-state index contributed by atoms with van der Waals surface area (Å²) >= 11 is 0. The van der Waals surface area contributed by atoms with Crippen molar-refractivity contribution in [3.63, 3.8) is 0 Å². The van der Waals surface area contributed by atoms with Gasteiger partial charge in [0.15, 0.2) is 5.75 Å². The summed E-state index contributed by atoms with van der Waals surface area (Å²) in [6.45, 7) is 5.75. The highest BCUT2D eigenvalue weighted by molar-refractivity contribution is 5.99. The molecule has 1 aliphatic rings. The van der Waals surface area contributed by atoms with Gasteiger partial charge in [-0.05, 0) is 43.9 Å². The third kappa shape index (κ3) is 4.72. The van der Waals surface area contributed by atoms with Gasteiger partial charge in [-0.1, -0.05) is 61.9 Å². The molecule has 2 N–H and O–H groups in total. The Balaban J connectivity index is 1.72. The largest absolute Gasteiger partial charge is 0.505 e. The van der Waals surface area contributed by atoms with Gasteiger partial charge in [-0.3, -0.25) is 9.59 Å². The number of para-hydroxylation sites is 1. The number of H-pyrrole nitrogens is 1. The Morgan fingerprint density at radius 2 is 1.76 bits per heavy atom. The first-order valence-corrected chi connectivity index (χ1v) is 12.2. The molecule has 1 aliphatic heterocycles. The smallest absolute Gasteiger partial charge is 0.264 e. The van der Waals surface area contributed by atoms with Crippen molar-refractivity contribution in [3.05, 3.63) is 87.8 Å². The van der Waals surface area contributed by atoms with Crippen molar-refractivity contribution >= 4 is 17.3 Å². The Hall–Kier alpha value is -3.54. The maximum absolute atomic E-state index is 13.5. The third-order valence-corrected chi connectivity index (χ3v) is 6.63. The number of benzene rings is 2. The number of hydrogen-bond acceptors (Lipinski definition) is 4. The molecule has 1 atom stereocenters. The topological polar surface area (TPSA) is 76.6 Å². The van der Waals surface area contributed by atoms with E-state index in [0.717, 1.165) is 24.9 Å². The molecular weight excluding hydrogens is 426 g/mol. The van der Waals surface area contributed by atoms with Gasteiger partial charge in [-0.2, -0.15) is 0 Å². The second-order valence-corrected chi connectivity index (χ2v) is 8.84. The van der Waals surface area contributed by atoms with E-state index < -0.39 is 11.5 Å². The van der Waals surface area contributed by atoms with Crippen LogP contribution in [0.25, 0.3) is 0 Å². The number of nitrogens with zero attached hydrogens (tertiary/aromatic N) is 2. The van der Waals surface area contributed by atoms with Crippen molar-refractivity contribution in [2.75, 3.05) is 24.5 Å². The molecular formula is C28H33N3O3. The zero-order valence-electron chi connectivity index (χ0n) is 20.0. The first kappa shape index (κ1) is 23.6. The van der Waals surface area contributed by atoms with Gasteiger partial charge in [0.1, 0.15) is 11.3 Å². The van der Waals surface area contributed by atoms with E-state index in [-0.39, 0.29) is 17.2 Å². The summed E-state index contributed by atoms with van der Waals surface area (Å²) in [5, 5.41) is 11.4. The Kier molecular flexibility index (Phi) is 7.36. The summed E-state index contributed by atoms with van der Waals surface area (Å²) < 4.78 is 0. The molecule has 2 aromatic carbocycles. The molecule has 1 saturated heterocycles. The fourth-order valence-electron chi connectivity index (χ4n) is 4.83. The predicted molar refractivity (Wildman–Crippen MR) is 136 cm³/mol. The van der Waals surface area contributed by atoms with Crippen LogP contribution in [0.2, 0.25) is 0 Å². The summed E-state index contributed by atoms with van der Waals surface area (Å²) in [5.41, 5.74) is 2.57. The van der Waals surface area contributed by atoms with Gasteiger partial charge in [0.05, 0.1) is 0 Å². The number of anilines is 2. The standard InChI is InChI=1S/C28H33N3O3/c1-3-5-16-23-25(31(4-2)22-14-10-7-11-15-22)26(32)24(27(33)29-23)28(34)30-18-17-21(19-30)20-12-8-6-9-13-20/h6-15,21H,3-5,16-19H2,1-2H3,(H2,29,32,33). The van der Waals surface area contributed by atoms with Crippen molar-refractivity contribution in [2.45, 2.75) is 45.4 Å². The third-order valence-electron chi connectivity index (χ3n) is 6.63. The SMILES string of the molecule is CCCCc1[nH]c(=O)c(C(=O)N2CCC(c3ccccc3)C2)c(O)c1N(CC)c1ccccc1. The van der Waals surface area contributed by atoms with E-state index in [1.807, 2.05) is 60.4 Å². The Morgan fingerprint density at radius 1 is 1.09 bits per heavy atom. The zero-order chi connectivity index (χ0) is 24.1. The van der Waals surface area contributed by atoms with Crippen LogP contribution >= 0.6 is 0 Å². The molecule has 0 saturated carbocycles. The zero-order valence-corrected chi connectivity index (χ0v) is 20.0. The average molecular weight is 460 g/mol. The van der Waals surface area contributed by atoms with E-state index in [1.165, 1.54) is 5.56 Å². The lowest BCUT2D eigenvalue weighted by molar-refractivity contribution is 0.0786. The Labute approximate surface area is 200 Å². The number of carbonyl (C=O) groups is 1. The quantitative estimate of drug-likeness (QED) is 0.485. The van der Waals surface area contributed by atoms with Crippen LogP contribution in [-0.4, -0.2) is 40.5 Å². The molecule has 0 bridgehead atoms. The first-order chi connectivity index (χ1) is 16.5. The number of amides is 1. The highest BCUT2D eigenvalue weighted by Crippen LogP contribution is 2.38. The second kappa shape index (κ2) is 10.6. The lowest BCUT2D eigenvalue weighted by Crippen LogP contribution is -2.34. The number of rotatable bonds is 8. The second-order valence-electron chi connectivity index (χ2n) is 8.84. The fraction of sp³-hybridized carbons (Fsp3) is 0.357. The number of unbranched alkanes of at least 4 members (excludes halogenated alkanes) is 1. The number of aromatic hydroxyl groups is 1. The monoisotopic (exact) mass is 459 g/mol.